The van der Waals surface area contributed by atoms with E-state index >= 15 is 9.59 Å². The number of nitrogens with two attached hydrogens (primary N) is 1. The van der Waals surface area contributed by atoms with Crippen molar-refractivity contribution in [3.05, 3.63) is 44.6 Å². The van der Waals surface area contributed by atoms with Gasteiger partial charge in [0.05, 0.1) is 29.9 Å². The minimum Gasteiger partial charge on any atom is -0.458 e. The number of nitrogens with one attached hydrogen (secondary N) is 4. The zero-order valence-corrected chi connectivity index (χ0v) is 54.1. The lowest BCUT2D eigenvalue weighted by Gasteiger charge is -2.36. The summed E-state index contributed by atoms with van der Waals surface area (Å²) in [6.45, 7) is 18.4. The summed E-state index contributed by atoms with van der Waals surface area (Å²) in [6, 6.07) is -7.90. The average molecular weight is 1260 g/mol. The van der Waals surface area contributed by atoms with Crippen molar-refractivity contribution in [2.75, 3.05) is 60.1 Å². The number of benzene rings is 2. The first kappa shape index (κ1) is 68.8. The van der Waals surface area contributed by atoms with Gasteiger partial charge in [0.2, 0.25) is 52.7 Å². The van der Waals surface area contributed by atoms with Gasteiger partial charge in [0, 0.05) is 46.8 Å². The topological polar surface area (TPSA) is 360 Å². The van der Waals surface area contributed by atoms with Crippen LogP contribution in [-0.2, 0) is 57.4 Å². The third-order valence-electron chi connectivity index (χ3n) is 17.5. The number of ether oxygens (including phenoxy) is 2. The van der Waals surface area contributed by atoms with Crippen LogP contribution in [0.3, 0.4) is 0 Å². The maximum Gasteiger partial charge on any atom is 0.329 e. The number of esters is 2. The van der Waals surface area contributed by atoms with Crippen molar-refractivity contribution in [1.29, 1.82) is 0 Å². The van der Waals surface area contributed by atoms with Crippen LogP contribution >= 0.6 is 0 Å². The van der Waals surface area contributed by atoms with E-state index in [1.54, 1.807) is 62.3 Å². The van der Waals surface area contributed by atoms with E-state index < -0.39 is 191 Å². The van der Waals surface area contributed by atoms with E-state index in [2.05, 4.69) is 21.3 Å². The minimum absolute atomic E-state index is 0.0763. The summed E-state index contributed by atoms with van der Waals surface area (Å²) in [5, 5.41) is 10.7. The molecule has 5 heterocycles. The van der Waals surface area contributed by atoms with Gasteiger partial charge in [0.25, 0.3) is 11.8 Å². The minimum atomic E-state index is -1.88. The van der Waals surface area contributed by atoms with Crippen molar-refractivity contribution in [3.8, 4) is 11.5 Å². The Kier molecular flexibility index (Phi) is 21.1. The molecule has 1 aromatic carbocycles. The number of hydrogen-bond donors (Lipinski definition) is 5. The number of rotatable bonds is 8. The summed E-state index contributed by atoms with van der Waals surface area (Å²) >= 11 is 0. The second-order valence-corrected chi connectivity index (χ2v) is 25.5. The second kappa shape index (κ2) is 27.6. The number of cyclic esters (lactones) is 2. The zero-order valence-electron chi connectivity index (χ0n) is 54.1. The Bertz CT molecular complexity index is 3420. The Labute approximate surface area is 522 Å². The van der Waals surface area contributed by atoms with Gasteiger partial charge in [-0.05, 0) is 88.7 Å². The van der Waals surface area contributed by atoms with E-state index in [1.165, 1.54) is 80.7 Å². The SMILES string of the molecule is Cc1c2oc3c(C)ccc(C(=O)NC4C(=O)N[C@@H](C(C)C)C(=O)N5CCC[C@@H]5C(=O)N(C)CC(=O)N(C)[C@@H](C(C)C)C(=O)O[C@H]4C)c3nc-2c(C(=O)NC2C(=O)N[C@@H](C(C)C)C(=O)N3CCC[C@@H]3C(=O)N(C)CC(=O)N(C)[C@@H](C(C)C)C(=O)O[C@H]2C)c(N)c1=O. The van der Waals surface area contributed by atoms with Crippen LogP contribution in [0.15, 0.2) is 21.3 Å². The van der Waals surface area contributed by atoms with Gasteiger partial charge in [0.1, 0.15) is 71.8 Å². The predicted octanol–water partition coefficient (Wildman–Crippen LogP) is 0.726. The van der Waals surface area contributed by atoms with Gasteiger partial charge in [-0.25, -0.2) is 14.6 Å². The highest BCUT2D eigenvalue weighted by atomic mass is 16.6. The van der Waals surface area contributed by atoms with Crippen molar-refractivity contribution < 1.29 is 71.4 Å². The molecule has 0 bridgehead atoms. The maximum atomic E-state index is 15.2. The molecule has 1 aliphatic carbocycles. The van der Waals surface area contributed by atoms with Crippen LogP contribution in [0.2, 0.25) is 0 Å². The molecule has 4 fully saturated rings. The van der Waals surface area contributed by atoms with Gasteiger partial charge < -0.3 is 70.3 Å². The molecule has 2 unspecified atom stereocenters. The van der Waals surface area contributed by atoms with E-state index in [9.17, 15) is 52.7 Å². The second-order valence-electron chi connectivity index (χ2n) is 25.5. The standard InChI is InChI=1S/C62H86N12O16/c1-27(2)42-59(84)73-23-17-19-36(73)57(82)69(13)25-38(75)71(15)48(29(5)6)61(86)88-33(11)44(55(80)65-42)67-53(78)35-22-21-31(9)51-46(35)64-47-40(41(63)50(77)32(10)52(47)90-51)54(79)68-45-34(12)89-62(87)49(30(7)8)72(16)39(76)26-70(14)58(83)37-20-18-24-74(37)60(85)43(28(3)4)66-56(45)81/h21-22,27-30,33-34,36-37,42-45,48-49H,17-20,23-26,63H2,1-16H3,(H,65,80)(H,66,81)(H,67,78)(H,68,79)/t33-,34-,36+,37+,42-,43-,44?,45?,48-,49-/m0/s1. The molecule has 28 heteroatoms. The average Bonchev–Trinajstić information content (AvgIpc) is 0.893. The molecule has 6 aliphatic rings. The fourth-order valence-corrected chi connectivity index (χ4v) is 12.3. The lowest BCUT2D eigenvalue weighted by atomic mass is 9.98. The van der Waals surface area contributed by atoms with Crippen molar-refractivity contribution in [1.82, 2.24) is 55.7 Å². The summed E-state index contributed by atoms with van der Waals surface area (Å²) < 4.78 is 18.3. The van der Waals surface area contributed by atoms with Gasteiger partial charge in [-0.1, -0.05) is 61.5 Å². The first-order chi connectivity index (χ1) is 42.1. The summed E-state index contributed by atoms with van der Waals surface area (Å²) in [6.07, 6.45) is -1.65. The smallest absolute Gasteiger partial charge is 0.329 e. The number of carbonyl (C=O) groups is 12. The van der Waals surface area contributed by atoms with E-state index in [0.29, 0.717) is 18.4 Å². The van der Waals surface area contributed by atoms with Crippen LogP contribution < -0.4 is 32.4 Å². The summed E-state index contributed by atoms with van der Waals surface area (Å²) in [5.41, 5.74) is 3.57. The molecular weight excluding hydrogens is 1170 g/mol. The van der Waals surface area contributed by atoms with Crippen molar-refractivity contribution in [3.63, 3.8) is 0 Å². The molecule has 6 N–H and O–H groups in total. The van der Waals surface area contributed by atoms with Crippen LogP contribution in [0.25, 0.3) is 22.6 Å². The predicted molar refractivity (Wildman–Crippen MR) is 325 cm³/mol. The van der Waals surface area contributed by atoms with Crippen LogP contribution in [0.4, 0.5) is 5.69 Å². The van der Waals surface area contributed by atoms with E-state index in [0.717, 1.165) is 9.80 Å². The molecule has 5 aliphatic heterocycles. The number of likely N-dealkylation sites (N-methyl/N-ethyl adjacent to an activating group) is 4. The molecule has 10 atom stereocenters. The molecule has 1 aromatic rings. The largest absolute Gasteiger partial charge is 0.458 e. The first-order valence-corrected chi connectivity index (χ1v) is 30.5. The molecule has 0 spiro atoms. The molecule has 28 nitrogen and oxygen atoms in total. The number of aromatic nitrogens is 1. The molecule has 490 valence electrons. The van der Waals surface area contributed by atoms with E-state index in [1.807, 2.05) is 0 Å². The van der Waals surface area contributed by atoms with E-state index in [-0.39, 0.29) is 53.9 Å². The number of nitrogens with zero attached hydrogens (tertiary/aromatic N) is 7. The summed E-state index contributed by atoms with van der Waals surface area (Å²) in [4.78, 5) is 199. The highest BCUT2D eigenvalue weighted by Gasteiger charge is 2.46. The third kappa shape index (κ3) is 13.7. The monoisotopic (exact) mass is 1250 g/mol. The Morgan fingerprint density at radius 2 is 1.03 bits per heavy atom. The molecule has 0 saturated carbocycles. The van der Waals surface area contributed by atoms with Gasteiger partial charge in [-0.15, -0.1) is 0 Å². The lowest BCUT2D eigenvalue weighted by molar-refractivity contribution is -0.163. The van der Waals surface area contributed by atoms with Crippen LogP contribution in [-0.4, -0.2) is 220 Å². The van der Waals surface area contributed by atoms with E-state index in [4.69, 9.17) is 24.6 Å². The number of amides is 10. The quantitative estimate of drug-likeness (QED) is 0.118. The number of anilines is 1. The Morgan fingerprint density at radius 3 is 1.44 bits per heavy atom. The Morgan fingerprint density at radius 1 is 0.611 bits per heavy atom. The molecule has 10 amide bonds. The number of hydrogen-bond acceptors (Lipinski definition) is 18. The van der Waals surface area contributed by atoms with Gasteiger partial charge >= 0.3 is 11.9 Å². The van der Waals surface area contributed by atoms with Crippen LogP contribution in [0, 0.1) is 37.5 Å². The number of aryl methyl sites for hydroxylation is 1. The van der Waals surface area contributed by atoms with Crippen LogP contribution in [0.5, 0.6) is 0 Å². The molecule has 7 rings (SSSR count). The Balaban J connectivity index is 1.32. The molecule has 4 saturated heterocycles. The first-order valence-electron chi connectivity index (χ1n) is 30.5. The third-order valence-corrected chi connectivity index (χ3v) is 17.5. The lowest BCUT2D eigenvalue weighted by Crippen LogP contribution is -2.61. The van der Waals surface area contributed by atoms with Gasteiger partial charge in [-0.2, -0.15) is 0 Å². The normalized spacial score (nSPS) is 26.2. The fourth-order valence-electron chi connectivity index (χ4n) is 12.3. The van der Waals surface area contributed by atoms with Crippen molar-refractivity contribution in [2.24, 2.45) is 23.7 Å². The zero-order chi connectivity index (χ0) is 67.0. The number of nitrogen functional groups attached to an aromatic ring is 1. The van der Waals surface area contributed by atoms with Gasteiger partial charge in [-0.3, -0.25) is 52.7 Å². The number of carbonyl (C=O) groups excluding carboxylic acids is 12. The molecule has 0 radical (unpaired) electrons. The van der Waals surface area contributed by atoms with Gasteiger partial charge in [0.15, 0.2) is 11.3 Å². The molecular formula is C62H86N12O16. The summed E-state index contributed by atoms with van der Waals surface area (Å²) in [7, 11) is 5.59. The van der Waals surface area contributed by atoms with Crippen molar-refractivity contribution >= 4 is 87.8 Å². The highest BCUT2D eigenvalue weighted by Crippen LogP contribution is 2.35. The van der Waals surface area contributed by atoms with Crippen molar-refractivity contribution in [2.45, 2.75) is 169 Å². The maximum absolute atomic E-state index is 15.2. The fraction of sp³-hybridized carbons (Fsp3) is 0.613. The molecule has 90 heavy (non-hydrogen) atoms. The highest BCUT2D eigenvalue weighted by molar-refractivity contribution is 6.10. The Hall–Kier alpha value is -8.72. The summed E-state index contributed by atoms with van der Waals surface area (Å²) in [5.74, 6) is -12.4. The number of fused-ring (bicyclic) bond motifs is 4. The molecule has 0 aromatic heterocycles. The van der Waals surface area contributed by atoms with Crippen LogP contribution in [0.1, 0.15) is 127 Å².